The van der Waals surface area contributed by atoms with Gasteiger partial charge in [0.1, 0.15) is 5.82 Å². The number of aryl methyl sites for hydroxylation is 3. The van der Waals surface area contributed by atoms with Gasteiger partial charge in [0.2, 0.25) is 0 Å². The highest BCUT2D eigenvalue weighted by molar-refractivity contribution is 5.92. The van der Waals surface area contributed by atoms with E-state index in [2.05, 4.69) is 44.0 Å². The van der Waals surface area contributed by atoms with Crippen molar-refractivity contribution in [2.75, 3.05) is 5.32 Å². The summed E-state index contributed by atoms with van der Waals surface area (Å²) < 4.78 is 2.19. The zero-order valence-electron chi connectivity index (χ0n) is 14.7. The highest BCUT2D eigenvalue weighted by Gasteiger charge is 2.10. The van der Waals surface area contributed by atoms with Crippen LogP contribution in [0.3, 0.4) is 0 Å². The molecule has 0 spiro atoms. The summed E-state index contributed by atoms with van der Waals surface area (Å²) in [5, 5.41) is 5.61. The van der Waals surface area contributed by atoms with Gasteiger partial charge in [-0.25, -0.2) is 9.78 Å². The summed E-state index contributed by atoms with van der Waals surface area (Å²) in [7, 11) is 0. The van der Waals surface area contributed by atoms with Crippen molar-refractivity contribution in [1.82, 2.24) is 24.8 Å². The molecule has 3 aromatic rings. The predicted octanol–water partition coefficient (Wildman–Crippen LogP) is 3.04. The molecule has 0 radical (unpaired) electrons. The molecule has 2 aromatic heterocycles. The van der Waals surface area contributed by atoms with Gasteiger partial charge in [-0.2, -0.15) is 0 Å². The standard InChI is InChI=1S/C18H22N6O/c1-4-17-23-15-8-13(6-7-16(15)24(17)5-2)22-18(25)21-11-14-10-19-12(3)9-20-14/h6-10H,4-5,11H2,1-3H3,(H2,21,22,25). The quantitative estimate of drug-likeness (QED) is 0.749. The van der Waals surface area contributed by atoms with Crippen molar-refractivity contribution in [2.45, 2.75) is 40.3 Å². The van der Waals surface area contributed by atoms with E-state index in [9.17, 15) is 4.79 Å². The number of urea groups is 1. The fraction of sp³-hybridized carbons (Fsp3) is 0.333. The van der Waals surface area contributed by atoms with Crippen LogP contribution in [0, 0.1) is 6.92 Å². The number of nitrogens with one attached hydrogen (secondary N) is 2. The van der Waals surface area contributed by atoms with Gasteiger partial charge < -0.3 is 15.2 Å². The van der Waals surface area contributed by atoms with Crippen LogP contribution >= 0.6 is 0 Å². The van der Waals surface area contributed by atoms with Gasteiger partial charge in [-0.1, -0.05) is 6.92 Å². The first-order valence-electron chi connectivity index (χ1n) is 8.42. The fourth-order valence-electron chi connectivity index (χ4n) is 2.74. The van der Waals surface area contributed by atoms with Crippen molar-refractivity contribution in [1.29, 1.82) is 0 Å². The highest BCUT2D eigenvalue weighted by Crippen LogP contribution is 2.21. The molecule has 0 fully saturated rings. The summed E-state index contributed by atoms with van der Waals surface area (Å²) in [5.74, 6) is 1.05. The molecule has 2 amide bonds. The molecular weight excluding hydrogens is 316 g/mol. The Balaban J connectivity index is 1.67. The molecule has 0 atom stereocenters. The average Bonchev–Trinajstić information content (AvgIpc) is 2.98. The number of hydrogen-bond acceptors (Lipinski definition) is 4. The predicted molar refractivity (Wildman–Crippen MR) is 97.4 cm³/mol. The summed E-state index contributed by atoms with van der Waals surface area (Å²) in [5.41, 5.74) is 4.24. The maximum atomic E-state index is 12.1. The van der Waals surface area contributed by atoms with Crippen LogP contribution in [0.15, 0.2) is 30.6 Å². The summed E-state index contributed by atoms with van der Waals surface area (Å²) >= 11 is 0. The summed E-state index contributed by atoms with van der Waals surface area (Å²) in [6.07, 6.45) is 4.22. The Morgan fingerprint density at radius 2 is 2.04 bits per heavy atom. The molecule has 2 N–H and O–H groups in total. The van der Waals surface area contributed by atoms with Crippen molar-refractivity contribution in [3.63, 3.8) is 0 Å². The number of aromatic nitrogens is 4. The van der Waals surface area contributed by atoms with Crippen molar-refractivity contribution in [3.05, 3.63) is 47.8 Å². The first-order valence-corrected chi connectivity index (χ1v) is 8.42. The molecule has 3 rings (SSSR count). The Kier molecular flexibility index (Phi) is 4.92. The lowest BCUT2D eigenvalue weighted by atomic mass is 10.2. The molecule has 7 heteroatoms. The highest BCUT2D eigenvalue weighted by atomic mass is 16.2. The van der Waals surface area contributed by atoms with Crippen molar-refractivity contribution >= 4 is 22.8 Å². The Bertz CT molecular complexity index is 884. The molecule has 0 aliphatic rings. The lowest BCUT2D eigenvalue weighted by molar-refractivity contribution is 0.251. The molecule has 0 saturated heterocycles. The van der Waals surface area contributed by atoms with E-state index in [-0.39, 0.29) is 6.03 Å². The molecule has 0 aliphatic heterocycles. The first-order chi connectivity index (χ1) is 12.1. The molecule has 7 nitrogen and oxygen atoms in total. The third-order valence-corrected chi connectivity index (χ3v) is 3.98. The Morgan fingerprint density at radius 1 is 1.20 bits per heavy atom. The van der Waals surface area contributed by atoms with Crippen LogP contribution in [0.2, 0.25) is 0 Å². The molecule has 0 saturated carbocycles. The van der Waals surface area contributed by atoms with E-state index in [0.717, 1.165) is 35.5 Å². The summed E-state index contributed by atoms with van der Waals surface area (Å²) in [6.45, 7) is 7.27. The van der Waals surface area contributed by atoms with E-state index < -0.39 is 0 Å². The van der Waals surface area contributed by atoms with Crippen LogP contribution in [0.5, 0.6) is 0 Å². The zero-order chi connectivity index (χ0) is 17.8. The SMILES string of the molecule is CCc1nc2cc(NC(=O)NCc3cnc(C)cn3)ccc2n1CC. The van der Waals surface area contributed by atoms with Gasteiger partial charge in [-0.05, 0) is 32.0 Å². The van der Waals surface area contributed by atoms with Crippen LogP contribution in [-0.2, 0) is 19.5 Å². The van der Waals surface area contributed by atoms with Gasteiger partial charge in [0, 0.05) is 24.8 Å². The number of amides is 2. The Morgan fingerprint density at radius 3 is 2.72 bits per heavy atom. The number of hydrogen-bond donors (Lipinski definition) is 2. The Hall–Kier alpha value is -2.96. The molecule has 0 bridgehead atoms. The largest absolute Gasteiger partial charge is 0.332 e. The minimum Gasteiger partial charge on any atom is -0.332 e. The van der Waals surface area contributed by atoms with Crippen LogP contribution in [-0.4, -0.2) is 25.6 Å². The van der Waals surface area contributed by atoms with Crippen LogP contribution < -0.4 is 10.6 Å². The minimum absolute atomic E-state index is 0.285. The molecular formula is C18H22N6O. The maximum Gasteiger partial charge on any atom is 0.319 e. The molecule has 1 aromatic carbocycles. The second-order valence-electron chi connectivity index (χ2n) is 5.79. The molecule has 25 heavy (non-hydrogen) atoms. The van der Waals surface area contributed by atoms with Gasteiger partial charge in [0.15, 0.2) is 0 Å². The van der Waals surface area contributed by atoms with E-state index in [1.807, 2.05) is 25.1 Å². The van der Waals surface area contributed by atoms with Gasteiger partial charge in [0.25, 0.3) is 0 Å². The van der Waals surface area contributed by atoms with E-state index in [1.165, 1.54) is 0 Å². The second-order valence-corrected chi connectivity index (χ2v) is 5.79. The second kappa shape index (κ2) is 7.29. The minimum atomic E-state index is -0.285. The van der Waals surface area contributed by atoms with E-state index in [0.29, 0.717) is 17.9 Å². The molecule has 2 heterocycles. The normalized spacial score (nSPS) is 10.8. The smallest absolute Gasteiger partial charge is 0.319 e. The fourth-order valence-corrected chi connectivity index (χ4v) is 2.74. The van der Waals surface area contributed by atoms with Crippen molar-refractivity contribution in [2.24, 2.45) is 0 Å². The number of carbonyl (C=O) groups excluding carboxylic acids is 1. The van der Waals surface area contributed by atoms with Gasteiger partial charge in [-0.15, -0.1) is 0 Å². The topological polar surface area (TPSA) is 84.7 Å². The number of benzene rings is 1. The molecule has 130 valence electrons. The van der Waals surface area contributed by atoms with Crippen LogP contribution in [0.1, 0.15) is 31.1 Å². The lowest BCUT2D eigenvalue weighted by Crippen LogP contribution is -2.28. The number of carbonyl (C=O) groups is 1. The third kappa shape index (κ3) is 3.76. The van der Waals surface area contributed by atoms with Crippen LogP contribution in [0.4, 0.5) is 10.5 Å². The van der Waals surface area contributed by atoms with E-state index in [4.69, 9.17) is 0 Å². The van der Waals surface area contributed by atoms with Crippen molar-refractivity contribution < 1.29 is 4.79 Å². The first kappa shape index (κ1) is 16.9. The number of rotatable bonds is 5. The van der Waals surface area contributed by atoms with E-state index in [1.54, 1.807) is 12.4 Å². The van der Waals surface area contributed by atoms with Crippen LogP contribution in [0.25, 0.3) is 11.0 Å². The molecule has 0 aliphatic carbocycles. The average molecular weight is 338 g/mol. The summed E-state index contributed by atoms with van der Waals surface area (Å²) in [4.78, 5) is 25.1. The van der Waals surface area contributed by atoms with Crippen molar-refractivity contribution in [3.8, 4) is 0 Å². The number of nitrogens with zero attached hydrogens (tertiary/aromatic N) is 4. The molecule has 0 unspecified atom stereocenters. The van der Waals surface area contributed by atoms with Gasteiger partial charge in [0.05, 0.1) is 35.2 Å². The summed E-state index contributed by atoms with van der Waals surface area (Å²) in [6, 6.07) is 5.49. The number of anilines is 1. The maximum absolute atomic E-state index is 12.1. The van der Waals surface area contributed by atoms with Gasteiger partial charge in [-0.3, -0.25) is 9.97 Å². The monoisotopic (exact) mass is 338 g/mol. The number of imidazole rings is 1. The Labute approximate surface area is 146 Å². The number of fused-ring (bicyclic) bond motifs is 1. The van der Waals surface area contributed by atoms with Gasteiger partial charge >= 0.3 is 6.03 Å². The third-order valence-electron chi connectivity index (χ3n) is 3.98. The zero-order valence-corrected chi connectivity index (χ0v) is 14.7. The van der Waals surface area contributed by atoms with E-state index >= 15 is 0 Å². The lowest BCUT2D eigenvalue weighted by Gasteiger charge is -2.08.